The van der Waals surface area contributed by atoms with Crippen LogP contribution in [-0.4, -0.2) is 57.7 Å². The highest BCUT2D eigenvalue weighted by Gasteiger charge is 2.44. The van der Waals surface area contributed by atoms with E-state index < -0.39 is 37.3 Å². The topological polar surface area (TPSA) is 99.4 Å². The zero-order valence-electron chi connectivity index (χ0n) is 9.89. The van der Waals surface area contributed by atoms with Crippen molar-refractivity contribution < 1.29 is 29.9 Å². The molecule has 0 spiro atoms. The van der Waals surface area contributed by atoms with Gasteiger partial charge in [-0.05, 0) is 24.3 Å². The smallest absolute Gasteiger partial charge is 0.229 e. The van der Waals surface area contributed by atoms with E-state index in [1.165, 1.54) is 0 Å². The number of rotatable bonds is 3. The van der Waals surface area contributed by atoms with Gasteiger partial charge in [0.2, 0.25) is 6.29 Å². The van der Waals surface area contributed by atoms with Gasteiger partial charge in [-0.25, -0.2) is 0 Å². The highest BCUT2D eigenvalue weighted by Crippen LogP contribution is 2.24. The molecule has 1 fully saturated rings. The summed E-state index contributed by atoms with van der Waals surface area (Å²) in [5, 5.41) is 38.5. The molecule has 7 heteroatoms. The molecule has 0 aliphatic carbocycles. The minimum absolute atomic E-state index is 0.383. The van der Waals surface area contributed by atoms with E-state index in [0.29, 0.717) is 10.8 Å². The first-order valence-corrected chi connectivity index (χ1v) is 6.13. The maximum Gasteiger partial charge on any atom is 0.229 e. The van der Waals surface area contributed by atoms with E-state index in [4.69, 9.17) is 26.2 Å². The molecular formula is C12H15ClO6. The summed E-state index contributed by atoms with van der Waals surface area (Å²) in [6.45, 7) is -0.495. The molecule has 1 aromatic rings. The number of ether oxygens (including phenoxy) is 2. The second-order valence-electron chi connectivity index (χ2n) is 4.27. The van der Waals surface area contributed by atoms with Crippen molar-refractivity contribution in [1.82, 2.24) is 0 Å². The monoisotopic (exact) mass is 290 g/mol. The normalized spacial score (nSPS) is 35.1. The van der Waals surface area contributed by atoms with Gasteiger partial charge in [0.1, 0.15) is 30.2 Å². The summed E-state index contributed by atoms with van der Waals surface area (Å²) >= 11 is 5.73. The first-order chi connectivity index (χ1) is 9.02. The lowest BCUT2D eigenvalue weighted by molar-refractivity contribution is -0.277. The second kappa shape index (κ2) is 6.04. The molecule has 5 atom stereocenters. The molecule has 0 bridgehead atoms. The molecule has 0 saturated carbocycles. The number of halogens is 1. The summed E-state index contributed by atoms with van der Waals surface area (Å²) < 4.78 is 10.6. The van der Waals surface area contributed by atoms with Gasteiger partial charge >= 0.3 is 0 Å². The number of hydrogen-bond donors (Lipinski definition) is 4. The van der Waals surface area contributed by atoms with Gasteiger partial charge < -0.3 is 29.9 Å². The molecule has 1 saturated heterocycles. The maximum absolute atomic E-state index is 9.77. The SMILES string of the molecule is OC[C@H]1O[C@H](Oc2ccc(Cl)cc2)[C@@H](O)[C@H](O)[C@H]1O. The third kappa shape index (κ3) is 3.17. The molecule has 6 nitrogen and oxygen atoms in total. The van der Waals surface area contributed by atoms with Crippen LogP contribution >= 0.6 is 11.6 Å². The zero-order chi connectivity index (χ0) is 14.0. The van der Waals surface area contributed by atoms with Crippen molar-refractivity contribution in [3.63, 3.8) is 0 Å². The van der Waals surface area contributed by atoms with E-state index in [2.05, 4.69) is 0 Å². The Bertz CT molecular complexity index is 409. The summed E-state index contributed by atoms with van der Waals surface area (Å²) in [6.07, 6.45) is -6.45. The molecule has 0 radical (unpaired) electrons. The lowest BCUT2D eigenvalue weighted by Gasteiger charge is -2.39. The van der Waals surface area contributed by atoms with E-state index in [1.807, 2.05) is 0 Å². The first-order valence-electron chi connectivity index (χ1n) is 5.75. The fourth-order valence-electron chi connectivity index (χ4n) is 1.81. The number of hydrogen-bond acceptors (Lipinski definition) is 6. The molecule has 0 amide bonds. The average Bonchev–Trinajstić information content (AvgIpc) is 2.42. The lowest BCUT2D eigenvalue weighted by atomic mass is 9.99. The zero-order valence-corrected chi connectivity index (χ0v) is 10.6. The van der Waals surface area contributed by atoms with Crippen molar-refractivity contribution in [3.8, 4) is 5.75 Å². The average molecular weight is 291 g/mol. The number of aliphatic hydroxyl groups excluding tert-OH is 4. The van der Waals surface area contributed by atoms with Crippen LogP contribution in [-0.2, 0) is 4.74 Å². The molecule has 0 aromatic heterocycles. The molecule has 0 unspecified atom stereocenters. The molecule has 1 aliphatic heterocycles. The minimum Gasteiger partial charge on any atom is -0.462 e. The van der Waals surface area contributed by atoms with Crippen molar-refractivity contribution >= 4 is 11.6 Å². The first kappa shape index (κ1) is 14.5. The van der Waals surface area contributed by atoms with Gasteiger partial charge in [0, 0.05) is 5.02 Å². The third-order valence-corrected chi connectivity index (χ3v) is 3.17. The van der Waals surface area contributed by atoms with Crippen molar-refractivity contribution in [3.05, 3.63) is 29.3 Å². The highest BCUT2D eigenvalue weighted by molar-refractivity contribution is 6.30. The van der Waals surface area contributed by atoms with Crippen LogP contribution in [0, 0.1) is 0 Å². The molecule has 106 valence electrons. The third-order valence-electron chi connectivity index (χ3n) is 2.91. The highest BCUT2D eigenvalue weighted by atomic mass is 35.5. The van der Waals surface area contributed by atoms with Crippen LogP contribution in [0.5, 0.6) is 5.75 Å². The number of aliphatic hydroxyl groups is 4. The summed E-state index contributed by atoms with van der Waals surface area (Å²) in [5.41, 5.74) is 0. The largest absolute Gasteiger partial charge is 0.462 e. The molecule has 4 N–H and O–H groups in total. The molecular weight excluding hydrogens is 276 g/mol. The van der Waals surface area contributed by atoms with Crippen LogP contribution in [0.15, 0.2) is 24.3 Å². The van der Waals surface area contributed by atoms with Gasteiger partial charge in [-0.1, -0.05) is 11.6 Å². The van der Waals surface area contributed by atoms with Crippen LogP contribution < -0.4 is 4.74 Å². The van der Waals surface area contributed by atoms with Crippen LogP contribution in [0.4, 0.5) is 0 Å². The standard InChI is InChI=1S/C12H15ClO6/c13-6-1-3-7(4-2-6)18-12-11(17)10(16)9(15)8(5-14)19-12/h1-4,8-12,14-17H,5H2/t8-,9+,10-,11+,12+/m1/s1. The Hall–Kier alpha value is -0.890. The van der Waals surface area contributed by atoms with Gasteiger partial charge in [0.15, 0.2) is 0 Å². The Morgan fingerprint density at radius 1 is 1.05 bits per heavy atom. The number of benzene rings is 1. The van der Waals surface area contributed by atoms with Crippen LogP contribution in [0.3, 0.4) is 0 Å². The van der Waals surface area contributed by atoms with Crippen LogP contribution in [0.1, 0.15) is 0 Å². The fourth-order valence-corrected chi connectivity index (χ4v) is 1.94. The minimum atomic E-state index is -1.46. The van der Waals surface area contributed by atoms with E-state index in [-0.39, 0.29) is 0 Å². The predicted octanol–water partition coefficient (Wildman–Crippen LogP) is -0.481. The van der Waals surface area contributed by atoms with Crippen molar-refractivity contribution in [2.24, 2.45) is 0 Å². The van der Waals surface area contributed by atoms with Crippen molar-refractivity contribution in [1.29, 1.82) is 0 Å². The van der Waals surface area contributed by atoms with E-state index >= 15 is 0 Å². The van der Waals surface area contributed by atoms with Gasteiger partial charge in [0.05, 0.1) is 6.61 Å². The van der Waals surface area contributed by atoms with Gasteiger partial charge in [0.25, 0.3) is 0 Å². The Balaban J connectivity index is 2.08. The van der Waals surface area contributed by atoms with Gasteiger partial charge in [-0.2, -0.15) is 0 Å². The van der Waals surface area contributed by atoms with Gasteiger partial charge in [-0.15, -0.1) is 0 Å². The molecule has 1 aliphatic rings. The molecule has 2 rings (SSSR count). The summed E-state index contributed by atoms with van der Waals surface area (Å²) in [7, 11) is 0. The Morgan fingerprint density at radius 2 is 1.68 bits per heavy atom. The predicted molar refractivity (Wildman–Crippen MR) is 65.8 cm³/mol. The quantitative estimate of drug-likeness (QED) is 0.600. The van der Waals surface area contributed by atoms with Crippen molar-refractivity contribution in [2.75, 3.05) is 6.61 Å². The lowest BCUT2D eigenvalue weighted by Crippen LogP contribution is -2.60. The molecule has 19 heavy (non-hydrogen) atoms. The Kier molecular flexibility index (Phi) is 4.62. The summed E-state index contributed by atoms with van der Waals surface area (Å²) in [5.74, 6) is 0.383. The Morgan fingerprint density at radius 3 is 2.26 bits per heavy atom. The second-order valence-corrected chi connectivity index (χ2v) is 4.71. The summed E-state index contributed by atoms with van der Waals surface area (Å²) in [4.78, 5) is 0. The van der Waals surface area contributed by atoms with Crippen LogP contribution in [0.2, 0.25) is 5.02 Å². The van der Waals surface area contributed by atoms with E-state index in [9.17, 15) is 15.3 Å². The molecule has 1 heterocycles. The molecule has 1 aromatic carbocycles. The Labute approximate surface area is 114 Å². The van der Waals surface area contributed by atoms with Crippen molar-refractivity contribution in [2.45, 2.75) is 30.7 Å². The maximum atomic E-state index is 9.77. The fraction of sp³-hybridized carbons (Fsp3) is 0.500. The van der Waals surface area contributed by atoms with E-state index in [1.54, 1.807) is 24.3 Å². The summed E-state index contributed by atoms with van der Waals surface area (Å²) in [6, 6.07) is 6.34. The van der Waals surface area contributed by atoms with Crippen LogP contribution in [0.25, 0.3) is 0 Å². The van der Waals surface area contributed by atoms with Gasteiger partial charge in [-0.3, -0.25) is 0 Å². The van der Waals surface area contributed by atoms with E-state index in [0.717, 1.165) is 0 Å².